The van der Waals surface area contributed by atoms with Crippen molar-refractivity contribution in [3.05, 3.63) is 53.7 Å². The lowest BCUT2D eigenvalue weighted by Gasteiger charge is -2.55. The quantitative estimate of drug-likeness (QED) is 0.404. The lowest BCUT2D eigenvalue weighted by atomic mass is 9.49. The van der Waals surface area contributed by atoms with Crippen molar-refractivity contribution in [1.82, 2.24) is 9.55 Å². The third kappa shape index (κ3) is 3.15. The van der Waals surface area contributed by atoms with Crippen LogP contribution in [-0.4, -0.2) is 15.5 Å². The summed E-state index contributed by atoms with van der Waals surface area (Å²) in [6, 6.07) is 15.1. The zero-order valence-electron chi connectivity index (χ0n) is 20.4. The fraction of sp³-hybridized carbons (Fsp3) is 0.548. The molecule has 5 aliphatic carbocycles. The standard InChI is InChI=1S/C31H36N2O/c1-20-12-13-26-27(24-8-4-2-5-9-24)28(25-10-6-3-7-11-25)33(29(26)32-20)30(34)31-17-21-14-22(18-31)16-23(15-21)19-31/h3,6-7,10-13,21-24H,2,4-5,8-9,14-19H2,1H3. The summed E-state index contributed by atoms with van der Waals surface area (Å²) in [4.78, 5) is 19.9. The first-order valence-electron chi connectivity index (χ1n) is 13.7. The van der Waals surface area contributed by atoms with E-state index in [2.05, 4.69) is 54.0 Å². The lowest BCUT2D eigenvalue weighted by Crippen LogP contribution is -2.51. The minimum Gasteiger partial charge on any atom is -0.273 e. The van der Waals surface area contributed by atoms with Crippen molar-refractivity contribution in [2.75, 3.05) is 0 Å². The van der Waals surface area contributed by atoms with Gasteiger partial charge in [0.2, 0.25) is 5.91 Å². The summed E-state index contributed by atoms with van der Waals surface area (Å²) in [7, 11) is 0. The molecule has 0 saturated heterocycles. The molecule has 3 nitrogen and oxygen atoms in total. The molecule has 5 saturated carbocycles. The van der Waals surface area contributed by atoms with Crippen LogP contribution < -0.4 is 0 Å². The van der Waals surface area contributed by atoms with Crippen molar-refractivity contribution in [3.8, 4) is 11.3 Å². The van der Waals surface area contributed by atoms with Crippen LogP contribution in [0.5, 0.6) is 0 Å². The predicted octanol–water partition coefficient (Wildman–Crippen LogP) is 7.92. The van der Waals surface area contributed by atoms with Crippen LogP contribution in [0.2, 0.25) is 0 Å². The van der Waals surface area contributed by atoms with E-state index in [-0.39, 0.29) is 5.41 Å². The Bertz CT molecular complexity index is 1210. The van der Waals surface area contributed by atoms with Gasteiger partial charge >= 0.3 is 0 Å². The summed E-state index contributed by atoms with van der Waals surface area (Å²) in [5.74, 6) is 3.14. The highest BCUT2D eigenvalue weighted by molar-refractivity contribution is 6.02. The molecular weight excluding hydrogens is 416 g/mol. The fourth-order valence-electron chi connectivity index (χ4n) is 8.77. The number of rotatable bonds is 3. The van der Waals surface area contributed by atoms with Gasteiger partial charge in [0.25, 0.3) is 0 Å². The third-order valence-corrected chi connectivity index (χ3v) is 9.75. The second-order valence-electron chi connectivity index (χ2n) is 12.1. The molecule has 3 aromatic rings. The molecule has 5 aliphatic rings. The molecular formula is C31H36N2O. The van der Waals surface area contributed by atoms with E-state index in [0.29, 0.717) is 11.8 Å². The van der Waals surface area contributed by atoms with Crippen molar-refractivity contribution < 1.29 is 4.79 Å². The van der Waals surface area contributed by atoms with Gasteiger partial charge in [0, 0.05) is 11.1 Å². The van der Waals surface area contributed by atoms with Crippen molar-refractivity contribution >= 4 is 16.9 Å². The van der Waals surface area contributed by atoms with Gasteiger partial charge in [0.1, 0.15) is 5.65 Å². The molecule has 4 bridgehead atoms. The number of hydrogen-bond donors (Lipinski definition) is 0. The van der Waals surface area contributed by atoms with Crippen molar-refractivity contribution in [3.63, 3.8) is 0 Å². The van der Waals surface area contributed by atoms with Crippen LogP contribution in [0.4, 0.5) is 0 Å². The minimum absolute atomic E-state index is 0.181. The van der Waals surface area contributed by atoms with E-state index in [1.54, 1.807) is 0 Å². The van der Waals surface area contributed by atoms with E-state index >= 15 is 0 Å². The highest BCUT2D eigenvalue weighted by Crippen LogP contribution is 2.61. The van der Waals surface area contributed by atoms with Crippen LogP contribution >= 0.6 is 0 Å². The van der Waals surface area contributed by atoms with Gasteiger partial charge in [-0.2, -0.15) is 0 Å². The minimum atomic E-state index is -0.181. The van der Waals surface area contributed by atoms with Gasteiger partial charge in [-0.15, -0.1) is 0 Å². The van der Waals surface area contributed by atoms with Crippen LogP contribution in [-0.2, 0) is 0 Å². The predicted molar refractivity (Wildman–Crippen MR) is 137 cm³/mol. The summed E-state index contributed by atoms with van der Waals surface area (Å²) >= 11 is 0. The second kappa shape index (κ2) is 7.80. The first-order valence-corrected chi connectivity index (χ1v) is 13.7. The van der Waals surface area contributed by atoms with Crippen LogP contribution in [0.25, 0.3) is 22.3 Å². The maximum atomic E-state index is 14.8. The van der Waals surface area contributed by atoms with Crippen molar-refractivity contribution in [2.45, 2.75) is 83.5 Å². The molecule has 0 unspecified atom stereocenters. The zero-order chi connectivity index (χ0) is 22.9. The Labute approximate surface area is 203 Å². The average Bonchev–Trinajstić information content (AvgIpc) is 3.18. The summed E-state index contributed by atoms with van der Waals surface area (Å²) in [6.45, 7) is 2.06. The summed E-state index contributed by atoms with van der Waals surface area (Å²) in [6.07, 6.45) is 13.7. The molecule has 8 rings (SSSR count). The molecule has 0 aliphatic heterocycles. The number of carbonyl (C=O) groups excluding carboxylic acids is 1. The number of nitrogens with zero attached hydrogens (tertiary/aromatic N) is 2. The number of benzene rings is 1. The molecule has 1 aromatic carbocycles. The van der Waals surface area contributed by atoms with E-state index in [0.717, 1.165) is 54.1 Å². The largest absolute Gasteiger partial charge is 0.273 e. The monoisotopic (exact) mass is 452 g/mol. The number of pyridine rings is 1. The number of fused-ring (bicyclic) bond motifs is 1. The molecule has 5 fully saturated rings. The first kappa shape index (κ1) is 20.9. The average molecular weight is 453 g/mol. The summed E-state index contributed by atoms with van der Waals surface area (Å²) in [5.41, 5.74) is 5.46. The van der Waals surface area contributed by atoms with Crippen LogP contribution in [0.3, 0.4) is 0 Å². The number of aromatic nitrogens is 2. The first-order chi connectivity index (χ1) is 16.6. The molecule has 0 atom stereocenters. The Balaban J connectivity index is 1.48. The van der Waals surface area contributed by atoms with Gasteiger partial charge in [-0.05, 0) is 105 Å². The van der Waals surface area contributed by atoms with Crippen LogP contribution in [0, 0.1) is 30.1 Å². The Hall–Kier alpha value is -2.42. The van der Waals surface area contributed by atoms with Crippen molar-refractivity contribution in [1.29, 1.82) is 0 Å². The van der Waals surface area contributed by atoms with Gasteiger partial charge in [-0.3, -0.25) is 9.36 Å². The maximum absolute atomic E-state index is 14.8. The molecule has 3 heteroatoms. The Kier molecular flexibility index (Phi) is 4.80. The molecule has 176 valence electrons. The van der Waals surface area contributed by atoms with Gasteiger partial charge in [0.15, 0.2) is 0 Å². The van der Waals surface area contributed by atoms with E-state index in [9.17, 15) is 4.79 Å². The molecule has 34 heavy (non-hydrogen) atoms. The molecule has 0 N–H and O–H groups in total. The number of carbonyl (C=O) groups is 1. The van der Waals surface area contributed by atoms with Crippen LogP contribution in [0.1, 0.15) is 92.6 Å². The molecule has 0 spiro atoms. The number of aryl methyl sites for hydroxylation is 1. The topological polar surface area (TPSA) is 34.9 Å². The summed E-state index contributed by atoms with van der Waals surface area (Å²) < 4.78 is 2.13. The Morgan fingerprint density at radius 2 is 1.53 bits per heavy atom. The summed E-state index contributed by atoms with van der Waals surface area (Å²) in [5, 5.41) is 1.22. The number of hydrogen-bond acceptors (Lipinski definition) is 2. The maximum Gasteiger partial charge on any atom is 0.239 e. The van der Waals surface area contributed by atoms with Gasteiger partial charge in [-0.25, -0.2) is 4.98 Å². The van der Waals surface area contributed by atoms with E-state index in [1.807, 2.05) is 0 Å². The lowest BCUT2D eigenvalue weighted by molar-refractivity contribution is -0.0397. The molecule has 2 heterocycles. The normalized spacial score (nSPS) is 30.8. The smallest absolute Gasteiger partial charge is 0.239 e. The molecule has 0 amide bonds. The highest BCUT2D eigenvalue weighted by atomic mass is 16.2. The molecule has 2 aromatic heterocycles. The van der Waals surface area contributed by atoms with E-state index in [4.69, 9.17) is 4.98 Å². The van der Waals surface area contributed by atoms with Crippen molar-refractivity contribution in [2.24, 2.45) is 23.2 Å². The SMILES string of the molecule is Cc1ccc2c(C3CCCCC3)c(-c3ccccc3)n(C(=O)C34CC5CC(CC(C5)C3)C4)c2n1. The van der Waals surface area contributed by atoms with Gasteiger partial charge in [-0.1, -0.05) is 49.6 Å². The fourth-order valence-corrected chi connectivity index (χ4v) is 8.77. The van der Waals surface area contributed by atoms with E-state index < -0.39 is 0 Å². The Morgan fingerprint density at radius 3 is 2.18 bits per heavy atom. The highest BCUT2D eigenvalue weighted by Gasteiger charge is 2.55. The second-order valence-corrected chi connectivity index (χ2v) is 12.1. The third-order valence-electron chi connectivity index (χ3n) is 9.75. The van der Waals surface area contributed by atoms with Crippen LogP contribution in [0.15, 0.2) is 42.5 Å². The van der Waals surface area contributed by atoms with Gasteiger partial charge < -0.3 is 0 Å². The Morgan fingerprint density at radius 1 is 0.882 bits per heavy atom. The van der Waals surface area contributed by atoms with E-state index in [1.165, 1.54) is 67.9 Å². The zero-order valence-corrected chi connectivity index (χ0v) is 20.4. The van der Waals surface area contributed by atoms with Gasteiger partial charge in [0.05, 0.1) is 11.1 Å². The molecule has 0 radical (unpaired) electrons.